The molecule has 0 aromatic carbocycles. The lowest BCUT2D eigenvalue weighted by Crippen LogP contribution is -1.97. The van der Waals surface area contributed by atoms with Gasteiger partial charge in [0.25, 0.3) is 0 Å². The van der Waals surface area contributed by atoms with Crippen LogP contribution in [0.5, 0.6) is 0 Å². The molecule has 23 heavy (non-hydrogen) atoms. The van der Waals surface area contributed by atoms with Crippen molar-refractivity contribution >= 4 is 0 Å². The van der Waals surface area contributed by atoms with E-state index < -0.39 is 0 Å². The van der Waals surface area contributed by atoms with Gasteiger partial charge in [-0.1, -0.05) is 90.6 Å². The highest BCUT2D eigenvalue weighted by molar-refractivity contribution is 4.65. The van der Waals surface area contributed by atoms with E-state index >= 15 is 0 Å². The van der Waals surface area contributed by atoms with Crippen LogP contribution in [-0.2, 0) is 4.74 Å². The summed E-state index contributed by atoms with van der Waals surface area (Å²) in [7, 11) is 0. The molecule has 0 amide bonds. The van der Waals surface area contributed by atoms with Gasteiger partial charge in [-0.2, -0.15) is 0 Å². The van der Waals surface area contributed by atoms with Crippen molar-refractivity contribution in [2.45, 2.75) is 110 Å². The Balaban J connectivity index is 2.96. The van der Waals surface area contributed by atoms with Crippen molar-refractivity contribution in [3.63, 3.8) is 0 Å². The van der Waals surface area contributed by atoms with Gasteiger partial charge < -0.3 is 4.74 Å². The van der Waals surface area contributed by atoms with Crippen molar-refractivity contribution in [2.75, 3.05) is 13.2 Å². The van der Waals surface area contributed by atoms with Gasteiger partial charge in [-0.3, -0.25) is 0 Å². The summed E-state index contributed by atoms with van der Waals surface area (Å²) >= 11 is 0. The van der Waals surface area contributed by atoms with E-state index in [2.05, 4.69) is 20.4 Å². The summed E-state index contributed by atoms with van der Waals surface area (Å²) in [5.41, 5.74) is 0. The molecule has 1 nitrogen and oxygen atoms in total. The van der Waals surface area contributed by atoms with Gasteiger partial charge in [0.15, 0.2) is 0 Å². The van der Waals surface area contributed by atoms with Crippen LogP contribution in [0.3, 0.4) is 0 Å². The number of hydrogen-bond acceptors (Lipinski definition) is 1. The second kappa shape index (κ2) is 19.7. The molecular weight excluding hydrogens is 280 g/mol. The van der Waals surface area contributed by atoms with Crippen molar-refractivity contribution in [1.29, 1.82) is 0 Å². The van der Waals surface area contributed by atoms with Gasteiger partial charge in [0.05, 0.1) is 0 Å². The van der Waals surface area contributed by atoms with Gasteiger partial charge in [-0.15, -0.1) is 6.58 Å². The van der Waals surface area contributed by atoms with Gasteiger partial charge in [-0.25, -0.2) is 0 Å². The fraction of sp³-hybridized carbons (Fsp3) is 0.909. The average molecular weight is 325 g/mol. The molecule has 0 saturated carbocycles. The molecule has 0 aromatic heterocycles. The predicted octanol–water partition coefficient (Wildman–Crippen LogP) is 7.70. The Bertz CT molecular complexity index is 222. The first-order chi connectivity index (χ1) is 11.3. The highest BCUT2D eigenvalue weighted by Crippen LogP contribution is 2.13. The molecule has 0 rings (SSSR count). The third-order valence-electron chi connectivity index (χ3n) is 4.52. The van der Waals surface area contributed by atoms with Gasteiger partial charge in [-0.05, 0) is 31.6 Å². The summed E-state index contributed by atoms with van der Waals surface area (Å²) in [6.07, 6.45) is 22.4. The molecule has 0 heterocycles. The topological polar surface area (TPSA) is 9.23 Å². The Labute approximate surface area is 147 Å². The Morgan fingerprint density at radius 2 is 1.09 bits per heavy atom. The minimum absolute atomic E-state index is 0.885. The first kappa shape index (κ1) is 22.7. The number of allylic oxidation sites excluding steroid dienone is 1. The van der Waals surface area contributed by atoms with Crippen molar-refractivity contribution in [2.24, 2.45) is 5.92 Å². The minimum atomic E-state index is 0.885. The maximum absolute atomic E-state index is 5.69. The van der Waals surface area contributed by atoms with E-state index in [-0.39, 0.29) is 0 Å². The van der Waals surface area contributed by atoms with Gasteiger partial charge in [0, 0.05) is 13.2 Å². The van der Waals surface area contributed by atoms with E-state index in [4.69, 9.17) is 4.74 Å². The minimum Gasteiger partial charge on any atom is -0.381 e. The predicted molar refractivity (Wildman–Crippen MR) is 105 cm³/mol. The molecule has 138 valence electrons. The molecule has 0 N–H and O–H groups in total. The Kier molecular flexibility index (Phi) is 19.5. The van der Waals surface area contributed by atoms with Crippen LogP contribution in [0.1, 0.15) is 110 Å². The molecule has 0 radical (unpaired) electrons. The highest BCUT2D eigenvalue weighted by atomic mass is 16.5. The van der Waals surface area contributed by atoms with Crippen LogP contribution in [0.25, 0.3) is 0 Å². The molecule has 0 atom stereocenters. The molecule has 0 spiro atoms. The smallest absolute Gasteiger partial charge is 0.0466 e. The molecule has 0 bridgehead atoms. The van der Waals surface area contributed by atoms with E-state index in [1.165, 1.54) is 89.9 Å². The second-order valence-electron chi connectivity index (χ2n) is 7.47. The van der Waals surface area contributed by atoms with Crippen LogP contribution >= 0.6 is 0 Å². The fourth-order valence-electron chi connectivity index (χ4n) is 2.94. The Hall–Kier alpha value is -0.300. The second-order valence-corrected chi connectivity index (χ2v) is 7.47. The SMILES string of the molecule is C=CCCCCCOCCCCCCCCCCCCC(C)C. The fourth-order valence-corrected chi connectivity index (χ4v) is 2.94. The van der Waals surface area contributed by atoms with E-state index in [1.54, 1.807) is 0 Å². The van der Waals surface area contributed by atoms with E-state index in [9.17, 15) is 0 Å². The van der Waals surface area contributed by atoms with Gasteiger partial charge in [0.1, 0.15) is 0 Å². The van der Waals surface area contributed by atoms with E-state index in [0.717, 1.165) is 25.6 Å². The number of hydrogen-bond donors (Lipinski definition) is 0. The van der Waals surface area contributed by atoms with Crippen molar-refractivity contribution in [3.05, 3.63) is 12.7 Å². The van der Waals surface area contributed by atoms with Crippen molar-refractivity contribution in [1.82, 2.24) is 0 Å². The molecule has 0 unspecified atom stereocenters. The summed E-state index contributed by atoms with van der Waals surface area (Å²) in [5, 5.41) is 0. The highest BCUT2D eigenvalue weighted by Gasteiger charge is 1.96. The third kappa shape index (κ3) is 21.7. The zero-order valence-corrected chi connectivity index (χ0v) is 16.3. The lowest BCUT2D eigenvalue weighted by atomic mass is 10.0. The molecule has 0 aliphatic carbocycles. The van der Waals surface area contributed by atoms with E-state index in [1.807, 2.05) is 6.08 Å². The van der Waals surface area contributed by atoms with Crippen LogP contribution < -0.4 is 0 Å². The van der Waals surface area contributed by atoms with Crippen LogP contribution in [0.15, 0.2) is 12.7 Å². The first-order valence-electron chi connectivity index (χ1n) is 10.5. The summed E-state index contributed by atoms with van der Waals surface area (Å²) in [4.78, 5) is 0. The lowest BCUT2D eigenvalue weighted by Gasteiger charge is -2.05. The average Bonchev–Trinajstić information content (AvgIpc) is 2.53. The normalized spacial score (nSPS) is 11.3. The molecule has 0 aliphatic heterocycles. The van der Waals surface area contributed by atoms with Crippen LogP contribution in [-0.4, -0.2) is 13.2 Å². The third-order valence-corrected chi connectivity index (χ3v) is 4.52. The summed E-state index contributed by atoms with van der Waals surface area (Å²) in [5.74, 6) is 0.885. The lowest BCUT2D eigenvalue weighted by molar-refractivity contribution is 0.126. The molecule has 1 heteroatoms. The van der Waals surface area contributed by atoms with Crippen LogP contribution in [0, 0.1) is 5.92 Å². The monoisotopic (exact) mass is 324 g/mol. The standard InChI is InChI=1S/C22H44O/c1-4-5-6-14-17-20-23-21-18-15-12-10-8-7-9-11-13-16-19-22(2)3/h4,22H,1,5-21H2,2-3H3. The van der Waals surface area contributed by atoms with Crippen LogP contribution in [0.4, 0.5) is 0 Å². The van der Waals surface area contributed by atoms with E-state index in [0.29, 0.717) is 0 Å². The molecule has 0 aliphatic rings. The molecule has 0 fully saturated rings. The van der Waals surface area contributed by atoms with Gasteiger partial charge in [0.2, 0.25) is 0 Å². The molecular formula is C22H44O. The van der Waals surface area contributed by atoms with Crippen LogP contribution in [0.2, 0.25) is 0 Å². The maximum Gasteiger partial charge on any atom is 0.0466 e. The zero-order valence-electron chi connectivity index (χ0n) is 16.3. The first-order valence-corrected chi connectivity index (χ1v) is 10.5. The molecule has 0 saturated heterocycles. The number of ether oxygens (including phenoxy) is 1. The zero-order chi connectivity index (χ0) is 17.0. The Morgan fingerprint density at radius 3 is 1.57 bits per heavy atom. The maximum atomic E-state index is 5.69. The van der Waals surface area contributed by atoms with Gasteiger partial charge >= 0.3 is 0 Å². The summed E-state index contributed by atoms with van der Waals surface area (Å²) in [6, 6.07) is 0. The largest absolute Gasteiger partial charge is 0.381 e. The summed E-state index contributed by atoms with van der Waals surface area (Å²) in [6.45, 7) is 10.3. The van der Waals surface area contributed by atoms with Crippen molar-refractivity contribution < 1.29 is 4.74 Å². The number of rotatable bonds is 19. The summed E-state index contributed by atoms with van der Waals surface area (Å²) < 4.78 is 5.69. The van der Waals surface area contributed by atoms with Crippen molar-refractivity contribution in [3.8, 4) is 0 Å². The quantitative estimate of drug-likeness (QED) is 0.175. The molecule has 0 aromatic rings. The Morgan fingerprint density at radius 1 is 0.652 bits per heavy atom. The number of unbranched alkanes of at least 4 members (excludes halogenated alkanes) is 12.